The topological polar surface area (TPSA) is 18.5 Å². The zero-order chi connectivity index (χ0) is 22.5. The van der Waals surface area contributed by atoms with Crippen LogP contribution >= 0.6 is 0 Å². The van der Waals surface area contributed by atoms with Crippen LogP contribution in [0.3, 0.4) is 0 Å². The Balaban J connectivity index is 1.16. The van der Waals surface area contributed by atoms with E-state index in [1.807, 2.05) is 0 Å². The van der Waals surface area contributed by atoms with Gasteiger partial charge in [-0.3, -0.25) is 0 Å². The summed E-state index contributed by atoms with van der Waals surface area (Å²) in [6.45, 7) is 4.50. The maximum atomic E-state index is 14.5. The van der Waals surface area contributed by atoms with Gasteiger partial charge in [-0.2, -0.15) is 8.78 Å². The van der Waals surface area contributed by atoms with Crippen LogP contribution < -0.4 is 9.47 Å². The van der Waals surface area contributed by atoms with E-state index >= 15 is 0 Å². The molecule has 0 saturated heterocycles. The van der Waals surface area contributed by atoms with Gasteiger partial charge in [0, 0.05) is 5.56 Å². The number of unbranched alkanes of at least 4 members (excludes halogenated alkanes) is 1. The molecule has 4 rings (SSSR count). The Bertz CT molecular complexity index is 733. The summed E-state index contributed by atoms with van der Waals surface area (Å²) in [5, 5.41) is 0. The summed E-state index contributed by atoms with van der Waals surface area (Å²) in [4.78, 5) is 0. The van der Waals surface area contributed by atoms with Crippen molar-refractivity contribution in [1.82, 2.24) is 0 Å². The molecular weight excluding hydrogens is 406 g/mol. The molecule has 180 valence electrons. The molecule has 0 radical (unpaired) electrons. The lowest BCUT2D eigenvalue weighted by molar-refractivity contribution is 0.140. The van der Waals surface area contributed by atoms with E-state index in [4.69, 9.17) is 9.47 Å². The maximum absolute atomic E-state index is 14.5. The fourth-order valence-corrected chi connectivity index (χ4v) is 6.47. The van der Waals surface area contributed by atoms with Crippen molar-refractivity contribution < 1.29 is 18.3 Å². The van der Waals surface area contributed by atoms with Gasteiger partial charge in [-0.1, -0.05) is 45.4 Å². The summed E-state index contributed by atoms with van der Waals surface area (Å²) < 4.78 is 39.8. The minimum absolute atomic E-state index is 0.00114. The smallest absolute Gasteiger partial charge is 0.204 e. The highest BCUT2D eigenvalue weighted by molar-refractivity contribution is 5.44. The second-order valence-corrected chi connectivity index (χ2v) is 10.8. The van der Waals surface area contributed by atoms with Gasteiger partial charge in [-0.15, -0.1) is 0 Å². The van der Waals surface area contributed by atoms with Gasteiger partial charge in [0.25, 0.3) is 0 Å². The summed E-state index contributed by atoms with van der Waals surface area (Å²) >= 11 is 0. The molecule has 2 nitrogen and oxygen atoms in total. The molecule has 0 amide bonds. The van der Waals surface area contributed by atoms with Crippen LogP contribution in [-0.2, 0) is 6.42 Å². The molecule has 32 heavy (non-hydrogen) atoms. The molecule has 1 atom stereocenters. The fraction of sp³-hybridized carbons (Fsp3) is 0.786. The number of halogens is 2. The standard InChI is InChI=1S/C28H42F2O2/c1-3-31-25-18-23-16-17-24(32-28(23)27(30)26(25)29)7-5-4-6-20-10-14-22(15-11-20)21-12-8-19(2)9-13-21/h18-22,24H,3-17H2,1-2H3. The number of hydrogen-bond donors (Lipinski definition) is 0. The van der Waals surface area contributed by atoms with E-state index in [-0.39, 0.29) is 17.6 Å². The summed E-state index contributed by atoms with van der Waals surface area (Å²) in [6.07, 6.45) is 17.7. The average molecular weight is 449 g/mol. The Morgan fingerprint density at radius 3 is 2.22 bits per heavy atom. The lowest BCUT2D eigenvalue weighted by atomic mass is 9.69. The Morgan fingerprint density at radius 1 is 0.875 bits per heavy atom. The highest BCUT2D eigenvalue weighted by Gasteiger charge is 2.30. The number of aryl methyl sites for hydroxylation is 1. The normalized spacial score (nSPS) is 30.4. The van der Waals surface area contributed by atoms with Gasteiger partial charge in [0.2, 0.25) is 11.6 Å². The largest absolute Gasteiger partial charge is 0.491 e. The third-order valence-electron chi connectivity index (χ3n) is 8.53. The summed E-state index contributed by atoms with van der Waals surface area (Å²) in [5.41, 5.74) is 0.729. The van der Waals surface area contributed by atoms with Crippen LogP contribution in [0.4, 0.5) is 8.78 Å². The van der Waals surface area contributed by atoms with Crippen LogP contribution in [0, 0.1) is 35.3 Å². The van der Waals surface area contributed by atoms with Gasteiger partial charge in [-0.25, -0.2) is 0 Å². The van der Waals surface area contributed by atoms with Crippen LogP contribution in [0.15, 0.2) is 6.07 Å². The molecule has 0 N–H and O–H groups in total. The van der Waals surface area contributed by atoms with Crippen LogP contribution in [0.2, 0.25) is 0 Å². The first-order valence-corrected chi connectivity index (χ1v) is 13.4. The van der Waals surface area contributed by atoms with Crippen molar-refractivity contribution in [3.63, 3.8) is 0 Å². The van der Waals surface area contributed by atoms with Crippen molar-refractivity contribution in [2.75, 3.05) is 6.61 Å². The molecule has 2 saturated carbocycles. The van der Waals surface area contributed by atoms with Crippen LogP contribution in [-0.4, -0.2) is 12.7 Å². The predicted molar refractivity (Wildman–Crippen MR) is 125 cm³/mol. The molecule has 3 aliphatic rings. The molecule has 2 aliphatic carbocycles. The Morgan fingerprint density at radius 2 is 1.53 bits per heavy atom. The van der Waals surface area contributed by atoms with E-state index in [2.05, 4.69) is 6.92 Å². The first-order valence-electron chi connectivity index (χ1n) is 13.4. The minimum Gasteiger partial charge on any atom is -0.491 e. The van der Waals surface area contributed by atoms with Crippen molar-refractivity contribution in [2.45, 2.75) is 110 Å². The highest BCUT2D eigenvalue weighted by Crippen LogP contribution is 2.42. The second kappa shape index (κ2) is 11.2. The summed E-state index contributed by atoms with van der Waals surface area (Å²) in [7, 11) is 0. The molecule has 1 aliphatic heterocycles. The summed E-state index contributed by atoms with van der Waals surface area (Å²) in [6, 6.07) is 1.61. The molecule has 1 aromatic carbocycles. The molecule has 1 unspecified atom stereocenters. The quantitative estimate of drug-likeness (QED) is 0.373. The van der Waals surface area contributed by atoms with Gasteiger partial charge >= 0.3 is 0 Å². The first-order chi connectivity index (χ1) is 15.5. The van der Waals surface area contributed by atoms with Crippen molar-refractivity contribution in [3.8, 4) is 11.5 Å². The molecular formula is C28H42F2O2. The molecule has 0 spiro atoms. The molecule has 4 heteroatoms. The van der Waals surface area contributed by atoms with E-state index in [9.17, 15) is 8.78 Å². The Kier molecular flexibility index (Phi) is 8.34. The van der Waals surface area contributed by atoms with E-state index in [1.54, 1.807) is 13.0 Å². The van der Waals surface area contributed by atoms with Gasteiger partial charge < -0.3 is 9.47 Å². The second-order valence-electron chi connectivity index (χ2n) is 10.8. The number of ether oxygens (including phenoxy) is 2. The minimum atomic E-state index is -0.926. The van der Waals surface area contributed by atoms with Gasteiger partial charge in [0.1, 0.15) is 0 Å². The van der Waals surface area contributed by atoms with E-state index in [1.165, 1.54) is 64.2 Å². The first kappa shape index (κ1) is 23.8. The third kappa shape index (κ3) is 5.78. The summed E-state index contributed by atoms with van der Waals surface area (Å²) in [5.74, 6) is 2.14. The van der Waals surface area contributed by atoms with E-state index in [0.29, 0.717) is 6.61 Å². The van der Waals surface area contributed by atoms with Crippen LogP contribution in [0.1, 0.15) is 103 Å². The van der Waals surface area contributed by atoms with Gasteiger partial charge in [-0.05, 0) is 88.0 Å². The molecule has 1 heterocycles. The fourth-order valence-electron chi connectivity index (χ4n) is 6.47. The predicted octanol–water partition coefficient (Wildman–Crippen LogP) is 8.25. The monoisotopic (exact) mass is 448 g/mol. The highest BCUT2D eigenvalue weighted by atomic mass is 19.2. The maximum Gasteiger partial charge on any atom is 0.204 e. The van der Waals surface area contributed by atoms with Gasteiger partial charge in [0.05, 0.1) is 12.7 Å². The van der Waals surface area contributed by atoms with Crippen LogP contribution in [0.5, 0.6) is 11.5 Å². The van der Waals surface area contributed by atoms with Crippen molar-refractivity contribution >= 4 is 0 Å². The van der Waals surface area contributed by atoms with Crippen molar-refractivity contribution in [1.29, 1.82) is 0 Å². The number of benzene rings is 1. The zero-order valence-electron chi connectivity index (χ0n) is 20.1. The zero-order valence-corrected chi connectivity index (χ0v) is 20.1. The average Bonchev–Trinajstić information content (AvgIpc) is 2.81. The Labute approximate surface area is 193 Å². The lowest BCUT2D eigenvalue weighted by Gasteiger charge is -2.37. The molecule has 1 aromatic rings. The molecule has 0 bridgehead atoms. The number of fused-ring (bicyclic) bond motifs is 1. The van der Waals surface area contributed by atoms with Gasteiger partial charge in [0.15, 0.2) is 11.5 Å². The molecule has 2 fully saturated rings. The number of rotatable bonds is 8. The van der Waals surface area contributed by atoms with E-state index < -0.39 is 11.6 Å². The van der Waals surface area contributed by atoms with Crippen molar-refractivity contribution in [2.24, 2.45) is 23.7 Å². The third-order valence-corrected chi connectivity index (χ3v) is 8.53. The molecule has 0 aromatic heterocycles. The Hall–Kier alpha value is -1.32. The van der Waals surface area contributed by atoms with Crippen molar-refractivity contribution in [3.05, 3.63) is 23.3 Å². The number of hydrogen-bond acceptors (Lipinski definition) is 2. The SMILES string of the molecule is CCOc1cc2c(c(F)c1F)OC(CCCCC1CCC(C3CCC(C)CC3)CC1)CC2. The van der Waals surface area contributed by atoms with Crippen LogP contribution in [0.25, 0.3) is 0 Å². The lowest BCUT2D eigenvalue weighted by Crippen LogP contribution is -2.25. The van der Waals surface area contributed by atoms with E-state index in [0.717, 1.165) is 54.9 Å².